The minimum absolute atomic E-state index is 0.0581. The van der Waals surface area contributed by atoms with Gasteiger partial charge in [0.15, 0.2) is 0 Å². The lowest BCUT2D eigenvalue weighted by atomic mass is 10.1. The van der Waals surface area contributed by atoms with Gasteiger partial charge in [0.2, 0.25) is 11.8 Å². The molecule has 3 rings (SSSR count). The Hall–Kier alpha value is -2.90. The van der Waals surface area contributed by atoms with E-state index in [2.05, 4.69) is 41.4 Å². The smallest absolute Gasteiger partial charge is 0.238 e. The summed E-state index contributed by atoms with van der Waals surface area (Å²) in [4.78, 5) is 31.0. The highest BCUT2D eigenvalue weighted by Crippen LogP contribution is 2.22. The molecule has 166 valence electrons. The molecule has 7 nitrogen and oxygen atoms in total. The molecule has 0 unspecified atom stereocenters. The van der Waals surface area contributed by atoms with E-state index in [9.17, 15) is 9.59 Å². The van der Waals surface area contributed by atoms with Crippen LogP contribution in [0.4, 0.5) is 5.69 Å². The van der Waals surface area contributed by atoms with Crippen LogP contribution in [0.2, 0.25) is 0 Å². The molecular weight excluding hydrogens is 392 g/mol. The molecule has 1 N–H and O–H groups in total. The fourth-order valence-corrected chi connectivity index (χ4v) is 3.79. The van der Waals surface area contributed by atoms with E-state index in [0.717, 1.165) is 19.6 Å². The first-order valence-corrected chi connectivity index (χ1v) is 10.6. The number of methoxy groups -OCH3 is 1. The van der Waals surface area contributed by atoms with Crippen LogP contribution in [0, 0.1) is 6.92 Å². The minimum atomic E-state index is -0.178. The van der Waals surface area contributed by atoms with Crippen molar-refractivity contribution in [3.8, 4) is 5.75 Å². The molecule has 0 aromatic heterocycles. The third-order valence-corrected chi connectivity index (χ3v) is 5.41. The highest BCUT2D eigenvalue weighted by atomic mass is 16.5. The first-order chi connectivity index (χ1) is 14.9. The number of para-hydroxylation sites is 2. The highest BCUT2D eigenvalue weighted by molar-refractivity contribution is 5.94. The predicted molar refractivity (Wildman–Crippen MR) is 122 cm³/mol. The lowest BCUT2D eigenvalue weighted by Gasteiger charge is -2.35. The first-order valence-electron chi connectivity index (χ1n) is 10.6. The van der Waals surface area contributed by atoms with Crippen molar-refractivity contribution < 1.29 is 14.3 Å². The van der Waals surface area contributed by atoms with E-state index in [-0.39, 0.29) is 24.9 Å². The van der Waals surface area contributed by atoms with E-state index in [0.29, 0.717) is 24.5 Å². The Morgan fingerprint density at radius 1 is 1.03 bits per heavy atom. The SMILES string of the molecule is COc1ccccc1NC(=O)CN(C)CC(=O)N1CCN(Cc2cccc(C)c2)CC1. The molecule has 7 heteroatoms. The molecule has 1 fully saturated rings. The zero-order chi connectivity index (χ0) is 22.2. The maximum Gasteiger partial charge on any atom is 0.238 e. The van der Waals surface area contributed by atoms with Gasteiger partial charge in [0.1, 0.15) is 5.75 Å². The van der Waals surface area contributed by atoms with Gasteiger partial charge in [0.25, 0.3) is 0 Å². The van der Waals surface area contributed by atoms with Crippen LogP contribution < -0.4 is 10.1 Å². The molecule has 0 saturated carbocycles. The zero-order valence-corrected chi connectivity index (χ0v) is 18.6. The number of ether oxygens (including phenoxy) is 1. The molecule has 0 atom stereocenters. The number of nitrogens with one attached hydrogen (secondary N) is 1. The maximum atomic E-state index is 12.7. The van der Waals surface area contributed by atoms with Crippen molar-refractivity contribution in [1.29, 1.82) is 0 Å². The molecule has 1 aliphatic rings. The zero-order valence-electron chi connectivity index (χ0n) is 18.6. The van der Waals surface area contributed by atoms with Gasteiger partial charge in [-0.2, -0.15) is 0 Å². The summed E-state index contributed by atoms with van der Waals surface area (Å²) in [6.45, 7) is 6.52. The number of likely N-dealkylation sites (N-methyl/N-ethyl adjacent to an activating group) is 1. The number of nitrogens with zero attached hydrogens (tertiary/aromatic N) is 3. The van der Waals surface area contributed by atoms with Gasteiger partial charge < -0.3 is 15.0 Å². The molecule has 0 spiro atoms. The Balaban J connectivity index is 1.41. The van der Waals surface area contributed by atoms with Crippen molar-refractivity contribution >= 4 is 17.5 Å². The normalized spacial score (nSPS) is 14.5. The number of hydrogen-bond donors (Lipinski definition) is 1. The van der Waals surface area contributed by atoms with Crippen molar-refractivity contribution in [3.63, 3.8) is 0 Å². The summed E-state index contributed by atoms with van der Waals surface area (Å²) in [5.41, 5.74) is 3.20. The fourth-order valence-electron chi connectivity index (χ4n) is 3.79. The second kappa shape index (κ2) is 10.9. The predicted octanol–water partition coefficient (Wildman–Crippen LogP) is 2.22. The van der Waals surface area contributed by atoms with Gasteiger partial charge in [0, 0.05) is 32.7 Å². The van der Waals surface area contributed by atoms with Gasteiger partial charge in [0.05, 0.1) is 25.9 Å². The van der Waals surface area contributed by atoms with Crippen molar-refractivity contribution in [2.45, 2.75) is 13.5 Å². The Morgan fingerprint density at radius 2 is 1.77 bits per heavy atom. The summed E-state index contributed by atoms with van der Waals surface area (Å²) in [6, 6.07) is 15.8. The third-order valence-electron chi connectivity index (χ3n) is 5.41. The van der Waals surface area contributed by atoms with Crippen molar-refractivity contribution in [3.05, 3.63) is 59.7 Å². The molecule has 2 amide bonds. The molecule has 2 aromatic carbocycles. The van der Waals surface area contributed by atoms with Crippen molar-refractivity contribution in [1.82, 2.24) is 14.7 Å². The topological polar surface area (TPSA) is 65.1 Å². The molecule has 2 aromatic rings. The van der Waals surface area contributed by atoms with Gasteiger partial charge >= 0.3 is 0 Å². The Morgan fingerprint density at radius 3 is 2.48 bits per heavy atom. The molecule has 1 aliphatic heterocycles. The average Bonchev–Trinajstić information content (AvgIpc) is 2.74. The molecule has 0 radical (unpaired) electrons. The minimum Gasteiger partial charge on any atom is -0.495 e. The van der Waals surface area contributed by atoms with Gasteiger partial charge in [-0.05, 0) is 31.7 Å². The van der Waals surface area contributed by atoms with E-state index in [1.54, 1.807) is 31.2 Å². The second-order valence-corrected chi connectivity index (χ2v) is 8.07. The number of amides is 2. The first kappa shape index (κ1) is 22.8. The van der Waals surface area contributed by atoms with Crippen LogP contribution in [0.5, 0.6) is 5.75 Å². The summed E-state index contributed by atoms with van der Waals surface area (Å²) >= 11 is 0. The number of anilines is 1. The van der Waals surface area contributed by atoms with E-state index < -0.39 is 0 Å². The molecule has 0 bridgehead atoms. The highest BCUT2D eigenvalue weighted by Gasteiger charge is 2.22. The fraction of sp³-hybridized carbons (Fsp3) is 0.417. The number of carbonyl (C=O) groups is 2. The summed E-state index contributed by atoms with van der Waals surface area (Å²) in [7, 11) is 3.35. The molecule has 31 heavy (non-hydrogen) atoms. The van der Waals surface area contributed by atoms with Crippen molar-refractivity contribution in [2.24, 2.45) is 0 Å². The standard InChI is InChI=1S/C24H32N4O3/c1-19-7-6-8-20(15-19)16-27-11-13-28(14-12-27)24(30)18-26(2)17-23(29)25-21-9-4-5-10-22(21)31-3/h4-10,15H,11-14,16-18H2,1-3H3,(H,25,29). The third kappa shape index (κ3) is 6.80. The quantitative estimate of drug-likeness (QED) is 0.704. The summed E-state index contributed by atoms with van der Waals surface area (Å²) < 4.78 is 5.25. The largest absolute Gasteiger partial charge is 0.495 e. The maximum absolute atomic E-state index is 12.7. The van der Waals surface area contributed by atoms with Crippen LogP contribution in [0.3, 0.4) is 0 Å². The number of rotatable bonds is 8. The molecule has 1 heterocycles. The van der Waals surface area contributed by atoms with E-state index in [4.69, 9.17) is 4.74 Å². The number of aryl methyl sites for hydroxylation is 1. The lowest BCUT2D eigenvalue weighted by molar-refractivity contribution is -0.134. The second-order valence-electron chi connectivity index (χ2n) is 8.07. The Kier molecular flexibility index (Phi) is 8.03. The van der Waals surface area contributed by atoms with Crippen LogP contribution in [0.15, 0.2) is 48.5 Å². The Bertz CT molecular complexity index is 894. The van der Waals surface area contributed by atoms with Crippen LogP contribution in [0.25, 0.3) is 0 Å². The number of benzene rings is 2. The number of hydrogen-bond acceptors (Lipinski definition) is 5. The lowest BCUT2D eigenvalue weighted by Crippen LogP contribution is -2.51. The van der Waals surface area contributed by atoms with E-state index in [1.165, 1.54) is 11.1 Å². The number of piperazine rings is 1. The van der Waals surface area contributed by atoms with Crippen LogP contribution >= 0.6 is 0 Å². The molecule has 0 aliphatic carbocycles. The molecule has 1 saturated heterocycles. The van der Waals surface area contributed by atoms with E-state index >= 15 is 0 Å². The van der Waals surface area contributed by atoms with Crippen molar-refractivity contribution in [2.75, 3.05) is 58.7 Å². The van der Waals surface area contributed by atoms with Crippen LogP contribution in [-0.2, 0) is 16.1 Å². The average molecular weight is 425 g/mol. The van der Waals surface area contributed by atoms with E-state index in [1.807, 2.05) is 17.0 Å². The van der Waals surface area contributed by atoms with Gasteiger partial charge in [-0.3, -0.25) is 19.4 Å². The van der Waals surface area contributed by atoms with Crippen LogP contribution in [-0.4, -0.2) is 79.9 Å². The Labute approximate surface area is 184 Å². The number of carbonyl (C=O) groups excluding carboxylic acids is 2. The monoisotopic (exact) mass is 424 g/mol. The van der Waals surface area contributed by atoms with Gasteiger partial charge in [-0.15, -0.1) is 0 Å². The van der Waals surface area contributed by atoms with Gasteiger partial charge in [-0.25, -0.2) is 0 Å². The summed E-state index contributed by atoms with van der Waals surface area (Å²) in [6.07, 6.45) is 0. The van der Waals surface area contributed by atoms with Gasteiger partial charge in [-0.1, -0.05) is 42.0 Å². The molecular formula is C24H32N4O3. The summed E-state index contributed by atoms with van der Waals surface area (Å²) in [5.74, 6) is 0.490. The van der Waals surface area contributed by atoms with Crippen LogP contribution in [0.1, 0.15) is 11.1 Å². The summed E-state index contributed by atoms with van der Waals surface area (Å²) in [5, 5.41) is 2.84.